The Bertz CT molecular complexity index is 2750. The number of carbonyl (C=O) groups excluding carboxylic acids is 8. The second-order valence-corrected chi connectivity index (χ2v) is 23.8. The van der Waals surface area contributed by atoms with Crippen molar-refractivity contribution in [2.24, 2.45) is 29.4 Å². The highest BCUT2D eigenvalue weighted by Crippen LogP contribution is 2.50. The molecule has 83 heavy (non-hydrogen) atoms. The largest absolute Gasteiger partial charge is 0.495 e. The summed E-state index contributed by atoms with van der Waals surface area (Å²) < 4.78 is 35.4. The van der Waals surface area contributed by atoms with Gasteiger partial charge in [0, 0.05) is 70.6 Å². The van der Waals surface area contributed by atoms with E-state index in [0.717, 1.165) is 49.7 Å². The van der Waals surface area contributed by atoms with Crippen LogP contribution in [0.3, 0.4) is 0 Å². The van der Waals surface area contributed by atoms with Crippen LogP contribution in [0.15, 0.2) is 54.1 Å². The third-order valence-electron chi connectivity index (χ3n) is 16.8. The molecule has 1 saturated carbocycles. The van der Waals surface area contributed by atoms with Crippen molar-refractivity contribution in [1.29, 1.82) is 0 Å². The highest BCUT2D eigenvalue weighted by molar-refractivity contribution is 6.35. The zero-order chi connectivity index (χ0) is 60.8. The van der Waals surface area contributed by atoms with Crippen molar-refractivity contribution in [2.75, 3.05) is 45.1 Å². The molecule has 2 aromatic rings. The van der Waals surface area contributed by atoms with E-state index in [1.165, 1.54) is 32.3 Å². The number of unbranched alkanes of at least 4 members (excludes halogenated alkanes) is 3. The van der Waals surface area contributed by atoms with Crippen LogP contribution in [-0.4, -0.2) is 129 Å². The fraction of sp³-hybridized carbons (Fsp3) is 0.613. The first-order valence-corrected chi connectivity index (χ1v) is 29.4. The molecule has 6 N–H and O–H groups in total. The van der Waals surface area contributed by atoms with Crippen molar-refractivity contribution < 1.29 is 71.9 Å². The molecule has 20 nitrogen and oxygen atoms in total. The molecule has 1 aliphatic carbocycles. The SMILES string of the molecule is COc1cc(CC(=O)[C@H](CCCNC(N)=O)NC(=O)[C@@H](CC(=O)CCCCCCC(=O)C2CCC2)C(C)C)ccc1NC(=O)O[C@H]1CC(=O)N(C)c2cc(cc(OC)c2Cl)C/C(C)=C/C=C/[C@@H](OC)[C@]2(O)CC(=O)O[C@@H](C2)[C@@H](C)[C@@H]2O[C@@]12C. The number of ether oxygens (including phenoxy) is 6. The molecule has 4 bridgehead atoms. The lowest BCUT2D eigenvalue weighted by molar-refractivity contribution is -0.187. The lowest BCUT2D eigenvalue weighted by Gasteiger charge is -2.41. The highest BCUT2D eigenvalue weighted by Gasteiger charge is 2.64. The molecule has 2 saturated heterocycles. The number of esters is 1. The Kier molecular flexibility index (Phi) is 23.7. The first-order chi connectivity index (χ1) is 39.4. The Morgan fingerprint density at radius 3 is 2.33 bits per heavy atom. The van der Waals surface area contributed by atoms with Crippen molar-refractivity contribution in [3.8, 4) is 11.5 Å². The summed E-state index contributed by atoms with van der Waals surface area (Å²) in [5.41, 5.74) is 4.98. The molecule has 2 aromatic carbocycles. The average Bonchev–Trinajstić information content (AvgIpc) is 3.65. The third-order valence-corrected chi connectivity index (χ3v) is 17.2. The van der Waals surface area contributed by atoms with Crippen LogP contribution in [0.25, 0.3) is 0 Å². The molecular weight excluding hydrogens is 1090 g/mol. The molecule has 5 amide bonds. The molecule has 21 heteroatoms. The topological polar surface area (TPSA) is 281 Å². The highest BCUT2D eigenvalue weighted by atomic mass is 35.5. The molecular formula is C62H86ClN5O15. The summed E-state index contributed by atoms with van der Waals surface area (Å²) in [4.78, 5) is 108. The van der Waals surface area contributed by atoms with E-state index in [0.29, 0.717) is 54.9 Å². The van der Waals surface area contributed by atoms with Gasteiger partial charge in [-0.15, -0.1) is 0 Å². The number of nitrogens with zero attached hydrogens (tertiary/aromatic N) is 1. The molecule has 3 aliphatic heterocycles. The number of halogens is 1. The van der Waals surface area contributed by atoms with E-state index in [4.69, 9.17) is 45.8 Å². The number of carbonyl (C=O) groups is 8. The summed E-state index contributed by atoms with van der Waals surface area (Å²) in [6.07, 6.45) is 7.73. The van der Waals surface area contributed by atoms with Crippen LogP contribution in [0.5, 0.6) is 11.5 Å². The minimum Gasteiger partial charge on any atom is -0.495 e. The molecule has 0 aromatic heterocycles. The Morgan fingerprint density at radius 1 is 0.964 bits per heavy atom. The van der Waals surface area contributed by atoms with Crippen molar-refractivity contribution in [2.45, 2.75) is 185 Å². The minimum atomic E-state index is -1.65. The number of epoxide rings is 1. The third kappa shape index (κ3) is 17.8. The van der Waals surface area contributed by atoms with Gasteiger partial charge in [0.25, 0.3) is 0 Å². The smallest absolute Gasteiger partial charge is 0.412 e. The van der Waals surface area contributed by atoms with E-state index in [1.54, 1.807) is 57.3 Å². The molecule has 0 unspecified atom stereocenters. The Labute approximate surface area is 492 Å². The van der Waals surface area contributed by atoms with Gasteiger partial charge in [-0.3, -0.25) is 34.1 Å². The van der Waals surface area contributed by atoms with E-state index in [9.17, 15) is 43.5 Å². The Hall–Kier alpha value is -6.35. The lowest BCUT2D eigenvalue weighted by atomic mass is 9.78. The van der Waals surface area contributed by atoms with Gasteiger partial charge in [0.05, 0.1) is 50.6 Å². The second kappa shape index (κ2) is 29.9. The number of primary amides is 1. The lowest BCUT2D eigenvalue weighted by Crippen LogP contribution is -2.53. The van der Waals surface area contributed by atoms with Crippen molar-refractivity contribution in [1.82, 2.24) is 10.6 Å². The second-order valence-electron chi connectivity index (χ2n) is 23.4. The first-order valence-electron chi connectivity index (χ1n) is 29.0. The van der Waals surface area contributed by atoms with E-state index >= 15 is 0 Å². The number of nitrogens with two attached hydrogens (primary N) is 1. The van der Waals surface area contributed by atoms with Crippen LogP contribution in [0.1, 0.15) is 142 Å². The monoisotopic (exact) mass is 1180 g/mol. The van der Waals surface area contributed by atoms with Crippen LogP contribution in [0.4, 0.5) is 21.0 Å². The normalized spacial score (nSPS) is 25.5. The summed E-state index contributed by atoms with van der Waals surface area (Å²) in [6, 6.07) is 6.50. The molecule has 456 valence electrons. The number of methoxy groups -OCH3 is 3. The molecule has 3 fully saturated rings. The number of urea groups is 1. The van der Waals surface area contributed by atoms with Crippen molar-refractivity contribution >= 4 is 70.2 Å². The predicted molar refractivity (Wildman–Crippen MR) is 312 cm³/mol. The van der Waals surface area contributed by atoms with Gasteiger partial charge in [0.1, 0.15) is 57.6 Å². The van der Waals surface area contributed by atoms with E-state index in [2.05, 4.69) is 16.0 Å². The van der Waals surface area contributed by atoms with Crippen LogP contribution in [-0.2, 0) is 60.6 Å². The van der Waals surface area contributed by atoms with Crippen LogP contribution in [0, 0.1) is 23.7 Å². The number of allylic oxidation sites excluding steroid dienone is 3. The number of anilines is 2. The fourth-order valence-electron chi connectivity index (χ4n) is 11.4. The van der Waals surface area contributed by atoms with Crippen LogP contribution < -0.4 is 36.1 Å². The number of Topliss-reactive ketones (excluding diaryl/α,β-unsaturated/α-hetero) is 3. The summed E-state index contributed by atoms with van der Waals surface area (Å²) in [6.45, 7) is 9.25. The summed E-state index contributed by atoms with van der Waals surface area (Å²) in [5.74, 6) is -2.41. The molecule has 6 rings (SSSR count). The van der Waals surface area contributed by atoms with Gasteiger partial charge in [0.15, 0.2) is 5.78 Å². The van der Waals surface area contributed by atoms with Gasteiger partial charge in [-0.1, -0.05) is 81.5 Å². The molecule has 0 radical (unpaired) electrons. The quantitative estimate of drug-likeness (QED) is 0.0353. The van der Waals surface area contributed by atoms with Crippen LogP contribution in [0.2, 0.25) is 5.02 Å². The van der Waals surface area contributed by atoms with Gasteiger partial charge in [-0.05, 0) is 100 Å². The zero-order valence-electron chi connectivity index (χ0n) is 49.6. The average molecular weight is 1180 g/mol. The number of benzene rings is 2. The maximum absolute atomic E-state index is 14.5. The van der Waals surface area contributed by atoms with E-state index in [1.807, 2.05) is 26.8 Å². The summed E-state index contributed by atoms with van der Waals surface area (Å²) in [5, 5.41) is 20.3. The standard InChI is InChI=1S/C62H86ClN5O15/c1-36(2)43(32-42(69)20-12-10-11-13-22-47(70)41-18-15-19-41)58(74)66-44(21-16-26-65-59(64)75)48(71)29-39-24-25-45(49(30-39)78-7)67-60(76)82-53-33-54(72)68(6)46-28-40(31-50(79-8)56(46)63)27-37(3)17-14-23-52(80-9)62(77)34-51(81-55(73)35-62)38(4)57-61(53,5)83-57/h14,17,23-25,28,30-31,36,38,41,43-44,51-53,57,77H,10-13,15-16,18-22,26-27,29,32-35H2,1-9H3,(H,66,74)(H,67,76)(H3,64,65,75)/b23-14+,37-17+/t38-,43+,44+,51+,52-,53+,57+,61+,62-/m1/s1. The predicted octanol–water partition coefficient (Wildman–Crippen LogP) is 8.62. The molecule has 3 heterocycles. The molecule has 4 aliphatic rings. The Balaban J connectivity index is 1.17. The number of fused-ring (bicyclic) bond motifs is 5. The van der Waals surface area contributed by atoms with Gasteiger partial charge in [-0.25, -0.2) is 9.59 Å². The number of ketones is 3. The van der Waals surface area contributed by atoms with Gasteiger partial charge < -0.3 is 54.8 Å². The number of aliphatic hydroxyl groups is 1. The van der Waals surface area contributed by atoms with Gasteiger partial charge >= 0.3 is 18.1 Å². The fourth-order valence-corrected chi connectivity index (χ4v) is 11.7. The zero-order valence-corrected chi connectivity index (χ0v) is 50.4. The maximum Gasteiger partial charge on any atom is 0.412 e. The van der Waals surface area contributed by atoms with Gasteiger partial charge in [0.2, 0.25) is 11.8 Å². The minimum absolute atomic E-state index is 0.00152. The summed E-state index contributed by atoms with van der Waals surface area (Å²) >= 11 is 6.86. The van der Waals surface area contributed by atoms with E-state index in [-0.39, 0.29) is 78.5 Å². The summed E-state index contributed by atoms with van der Waals surface area (Å²) in [7, 11) is 5.85. The van der Waals surface area contributed by atoms with Crippen molar-refractivity contribution in [3.63, 3.8) is 0 Å². The molecule has 9 atom stereocenters. The number of amides is 5. The van der Waals surface area contributed by atoms with Gasteiger partial charge in [-0.2, -0.15) is 0 Å². The number of hydrogen-bond acceptors (Lipinski definition) is 15. The number of rotatable bonds is 25. The van der Waals surface area contributed by atoms with Crippen molar-refractivity contribution in [3.05, 3.63) is 70.3 Å². The maximum atomic E-state index is 14.5. The van der Waals surface area contributed by atoms with E-state index < -0.39 is 89.8 Å². The number of hydrogen-bond donors (Lipinski definition) is 5. The molecule has 0 spiro atoms. The Morgan fingerprint density at radius 2 is 1.67 bits per heavy atom. The van der Waals surface area contributed by atoms with Crippen LogP contribution >= 0.6 is 11.6 Å². The first kappa shape index (κ1) is 65.8. The number of nitrogens with one attached hydrogen (secondary N) is 3.